The number of hydrogen-bond donors (Lipinski definition) is 3. The zero-order chi connectivity index (χ0) is 18.4. The topological polar surface area (TPSA) is 83.0 Å². The number of benzene rings is 2. The molecule has 6 nitrogen and oxygen atoms in total. The summed E-state index contributed by atoms with van der Waals surface area (Å²) in [6, 6.07) is 9.34. The summed E-state index contributed by atoms with van der Waals surface area (Å²) in [6.07, 6.45) is 1.46. The molecule has 3 N–H and O–H groups in total. The van der Waals surface area contributed by atoms with Gasteiger partial charge in [-0.3, -0.25) is 4.79 Å². The van der Waals surface area contributed by atoms with Crippen molar-refractivity contribution >= 4 is 49.7 Å². The molecule has 0 saturated carbocycles. The van der Waals surface area contributed by atoms with Gasteiger partial charge in [0.2, 0.25) is 0 Å². The third kappa shape index (κ3) is 5.20. The SMILES string of the molecule is COc1cc(/C=N/NC(=O)CNc2ccc(C)cc2)c(Br)c(Br)c1O. The number of amides is 1. The van der Waals surface area contributed by atoms with E-state index in [1.807, 2.05) is 31.2 Å². The molecule has 0 heterocycles. The van der Waals surface area contributed by atoms with Crippen LogP contribution in [-0.2, 0) is 4.79 Å². The van der Waals surface area contributed by atoms with Crippen LogP contribution in [0.2, 0.25) is 0 Å². The lowest BCUT2D eigenvalue weighted by atomic mass is 10.2. The molecule has 2 aromatic rings. The molecule has 0 atom stereocenters. The van der Waals surface area contributed by atoms with Crippen molar-refractivity contribution in [3.05, 3.63) is 50.4 Å². The molecule has 1 amide bonds. The van der Waals surface area contributed by atoms with E-state index in [4.69, 9.17) is 4.74 Å². The number of anilines is 1. The molecule has 0 radical (unpaired) electrons. The number of hydrazone groups is 1. The van der Waals surface area contributed by atoms with Crippen LogP contribution in [0.15, 0.2) is 44.4 Å². The van der Waals surface area contributed by atoms with Crippen LogP contribution in [0.1, 0.15) is 11.1 Å². The molecule has 2 aromatic carbocycles. The smallest absolute Gasteiger partial charge is 0.259 e. The van der Waals surface area contributed by atoms with Crippen molar-refractivity contribution < 1.29 is 14.6 Å². The van der Waals surface area contributed by atoms with Gasteiger partial charge in [-0.25, -0.2) is 5.43 Å². The third-order valence-electron chi connectivity index (χ3n) is 3.29. The summed E-state index contributed by atoms with van der Waals surface area (Å²) < 4.78 is 6.13. The van der Waals surface area contributed by atoms with Crippen LogP contribution in [0.3, 0.4) is 0 Å². The van der Waals surface area contributed by atoms with Gasteiger partial charge in [0.1, 0.15) is 0 Å². The Kier molecular flexibility index (Phi) is 6.83. The van der Waals surface area contributed by atoms with Crippen molar-refractivity contribution in [2.24, 2.45) is 5.10 Å². The van der Waals surface area contributed by atoms with E-state index >= 15 is 0 Å². The van der Waals surface area contributed by atoms with E-state index in [2.05, 4.69) is 47.7 Å². The molecule has 132 valence electrons. The van der Waals surface area contributed by atoms with Gasteiger partial charge < -0.3 is 15.2 Å². The molecule has 2 rings (SSSR count). The highest BCUT2D eigenvalue weighted by atomic mass is 79.9. The van der Waals surface area contributed by atoms with Crippen LogP contribution in [-0.4, -0.2) is 30.9 Å². The van der Waals surface area contributed by atoms with Crippen LogP contribution in [0.5, 0.6) is 11.5 Å². The lowest BCUT2D eigenvalue weighted by Gasteiger charge is -2.09. The molecule has 0 bridgehead atoms. The minimum absolute atomic E-state index is 0.0159. The number of carbonyl (C=O) groups excluding carboxylic acids is 1. The van der Waals surface area contributed by atoms with Crippen molar-refractivity contribution in [2.45, 2.75) is 6.92 Å². The van der Waals surface area contributed by atoms with Crippen LogP contribution in [0.25, 0.3) is 0 Å². The quantitative estimate of drug-likeness (QED) is 0.443. The maximum atomic E-state index is 11.8. The predicted molar refractivity (Wildman–Crippen MR) is 105 cm³/mol. The number of halogens is 2. The zero-order valence-corrected chi connectivity index (χ0v) is 16.8. The second kappa shape index (κ2) is 8.87. The predicted octanol–water partition coefficient (Wildman–Crippen LogP) is 3.80. The van der Waals surface area contributed by atoms with Gasteiger partial charge in [-0.2, -0.15) is 5.10 Å². The normalized spacial score (nSPS) is 10.7. The highest BCUT2D eigenvalue weighted by Gasteiger charge is 2.13. The van der Waals surface area contributed by atoms with Gasteiger partial charge in [0, 0.05) is 15.7 Å². The number of methoxy groups -OCH3 is 1. The first kappa shape index (κ1) is 19.3. The fourth-order valence-corrected chi connectivity index (χ4v) is 2.76. The summed E-state index contributed by atoms with van der Waals surface area (Å²) in [7, 11) is 1.45. The molecule has 0 spiro atoms. The Morgan fingerprint density at radius 2 is 1.96 bits per heavy atom. The van der Waals surface area contributed by atoms with Gasteiger partial charge >= 0.3 is 0 Å². The van der Waals surface area contributed by atoms with Crippen molar-refractivity contribution in [1.29, 1.82) is 0 Å². The van der Waals surface area contributed by atoms with Gasteiger partial charge in [0.25, 0.3) is 5.91 Å². The summed E-state index contributed by atoms with van der Waals surface area (Å²) in [5.74, 6) is -0.000459. The van der Waals surface area contributed by atoms with Crippen molar-refractivity contribution in [3.8, 4) is 11.5 Å². The first-order valence-corrected chi connectivity index (χ1v) is 8.88. The van der Waals surface area contributed by atoms with Gasteiger partial charge in [-0.1, -0.05) is 17.7 Å². The van der Waals surface area contributed by atoms with Crippen molar-refractivity contribution in [2.75, 3.05) is 19.0 Å². The summed E-state index contributed by atoms with van der Waals surface area (Å²) >= 11 is 6.61. The number of aryl methyl sites for hydroxylation is 1. The fraction of sp³-hybridized carbons (Fsp3) is 0.176. The number of nitrogens with zero attached hydrogens (tertiary/aromatic N) is 1. The summed E-state index contributed by atoms with van der Waals surface area (Å²) in [5.41, 5.74) is 5.09. The summed E-state index contributed by atoms with van der Waals surface area (Å²) in [4.78, 5) is 11.8. The number of hydrogen-bond acceptors (Lipinski definition) is 5. The lowest BCUT2D eigenvalue weighted by Crippen LogP contribution is -2.25. The van der Waals surface area contributed by atoms with E-state index in [0.29, 0.717) is 20.3 Å². The van der Waals surface area contributed by atoms with Crippen LogP contribution in [0.4, 0.5) is 5.69 Å². The first-order valence-electron chi connectivity index (χ1n) is 7.29. The number of rotatable bonds is 6. The van der Waals surface area contributed by atoms with Gasteiger partial charge in [0.15, 0.2) is 11.5 Å². The van der Waals surface area contributed by atoms with E-state index in [9.17, 15) is 9.90 Å². The standard InChI is InChI=1S/C17H17Br2N3O3/c1-10-3-5-12(6-4-10)20-9-14(23)22-21-8-11-7-13(25-2)17(24)16(19)15(11)18/h3-8,20,24H,9H2,1-2H3,(H,22,23)/b21-8+. The molecule has 0 aliphatic heterocycles. The molecular weight excluding hydrogens is 454 g/mol. The summed E-state index contributed by atoms with van der Waals surface area (Å²) in [6.45, 7) is 2.10. The third-order valence-corrected chi connectivity index (χ3v) is 5.45. The highest BCUT2D eigenvalue weighted by Crippen LogP contribution is 2.41. The average molecular weight is 471 g/mol. The molecule has 0 aromatic heterocycles. The Labute approximate surface area is 162 Å². The largest absolute Gasteiger partial charge is 0.503 e. The Bertz CT molecular complexity index is 793. The Morgan fingerprint density at radius 3 is 2.60 bits per heavy atom. The van der Waals surface area contributed by atoms with E-state index in [1.54, 1.807) is 6.07 Å². The second-order valence-corrected chi connectivity index (χ2v) is 6.74. The van der Waals surface area contributed by atoms with Gasteiger partial charge in [-0.05, 0) is 57.0 Å². The first-order chi connectivity index (χ1) is 11.9. The van der Waals surface area contributed by atoms with Crippen molar-refractivity contribution in [3.63, 3.8) is 0 Å². The Balaban J connectivity index is 1.95. The van der Waals surface area contributed by atoms with Crippen LogP contribution < -0.4 is 15.5 Å². The molecule has 0 saturated heterocycles. The maximum Gasteiger partial charge on any atom is 0.259 e. The van der Waals surface area contributed by atoms with E-state index in [0.717, 1.165) is 11.3 Å². The second-order valence-electron chi connectivity index (χ2n) is 5.16. The van der Waals surface area contributed by atoms with E-state index in [1.165, 1.54) is 13.3 Å². The molecule has 0 aliphatic carbocycles. The number of carbonyl (C=O) groups is 1. The highest BCUT2D eigenvalue weighted by molar-refractivity contribution is 9.13. The molecule has 8 heteroatoms. The van der Waals surface area contributed by atoms with Crippen LogP contribution >= 0.6 is 31.9 Å². The molecule has 0 unspecified atom stereocenters. The van der Waals surface area contributed by atoms with Crippen LogP contribution in [0, 0.1) is 6.92 Å². The van der Waals surface area contributed by atoms with Gasteiger partial charge in [0.05, 0.1) is 24.3 Å². The maximum absolute atomic E-state index is 11.8. The zero-order valence-electron chi connectivity index (χ0n) is 13.6. The average Bonchev–Trinajstić information content (AvgIpc) is 2.61. The lowest BCUT2D eigenvalue weighted by molar-refractivity contribution is -0.119. The summed E-state index contributed by atoms with van der Waals surface area (Å²) in [5, 5.41) is 16.8. The Morgan fingerprint density at radius 1 is 1.28 bits per heavy atom. The number of phenolic OH excluding ortho intramolecular Hbond substituents is 1. The number of ether oxygens (including phenoxy) is 1. The number of phenols is 1. The minimum atomic E-state index is -0.280. The number of aromatic hydroxyl groups is 1. The molecule has 0 fully saturated rings. The van der Waals surface area contributed by atoms with E-state index < -0.39 is 0 Å². The fourth-order valence-electron chi connectivity index (χ4n) is 1.93. The monoisotopic (exact) mass is 469 g/mol. The van der Waals surface area contributed by atoms with E-state index in [-0.39, 0.29) is 18.2 Å². The number of nitrogens with one attached hydrogen (secondary N) is 2. The molecular formula is C17H17Br2N3O3. The molecule has 0 aliphatic rings. The van der Waals surface area contributed by atoms with Gasteiger partial charge in [-0.15, -0.1) is 0 Å². The minimum Gasteiger partial charge on any atom is -0.503 e. The molecule has 25 heavy (non-hydrogen) atoms. The van der Waals surface area contributed by atoms with Crippen molar-refractivity contribution in [1.82, 2.24) is 5.43 Å². The Hall–Kier alpha value is -2.06.